The van der Waals surface area contributed by atoms with Gasteiger partial charge in [0.05, 0.1) is 6.04 Å². The minimum absolute atomic E-state index is 0. The van der Waals surface area contributed by atoms with Crippen molar-refractivity contribution in [2.45, 2.75) is 45.1 Å². The molecule has 2 nitrogen and oxygen atoms in total. The van der Waals surface area contributed by atoms with Crippen LogP contribution in [0.25, 0.3) is 0 Å². The summed E-state index contributed by atoms with van der Waals surface area (Å²) in [4.78, 5) is 12.1. The van der Waals surface area contributed by atoms with E-state index in [1.807, 2.05) is 6.92 Å². The van der Waals surface area contributed by atoms with Gasteiger partial charge in [0.1, 0.15) is 5.82 Å². The molecule has 100 valence electrons. The molecule has 0 aliphatic heterocycles. The van der Waals surface area contributed by atoms with Crippen molar-refractivity contribution in [3.63, 3.8) is 0 Å². The Balaban J connectivity index is 0.00000180. The number of rotatable bonds is 3. The van der Waals surface area contributed by atoms with E-state index in [1.54, 1.807) is 12.1 Å². The summed E-state index contributed by atoms with van der Waals surface area (Å²) in [6.07, 6.45) is 5.56. The second kappa shape index (κ2) is 5.98. The number of carbonyl (C=O) groups excluding carboxylic acids is 1. The summed E-state index contributed by atoms with van der Waals surface area (Å²) in [5.74, 6) is 0.0673. The SMILES string of the molecule is C[C@@H](NC(=O)C1CCCCC1)c1ccc(F)cc1.[HH]. The van der Waals surface area contributed by atoms with Gasteiger partial charge in [-0.1, -0.05) is 31.4 Å². The van der Waals surface area contributed by atoms with Crippen molar-refractivity contribution in [2.75, 3.05) is 0 Å². The van der Waals surface area contributed by atoms with Crippen LogP contribution in [-0.4, -0.2) is 5.91 Å². The fourth-order valence-electron chi connectivity index (χ4n) is 2.53. The molecule has 2 rings (SSSR count). The molecule has 1 amide bonds. The molecule has 1 N–H and O–H groups in total. The average molecular weight is 251 g/mol. The van der Waals surface area contributed by atoms with Gasteiger partial charge in [-0.2, -0.15) is 0 Å². The molecule has 1 saturated carbocycles. The maximum atomic E-state index is 12.8. The number of hydrogen-bond donors (Lipinski definition) is 1. The van der Waals surface area contributed by atoms with Gasteiger partial charge in [0.25, 0.3) is 0 Å². The zero-order valence-corrected chi connectivity index (χ0v) is 10.8. The molecule has 18 heavy (non-hydrogen) atoms. The van der Waals surface area contributed by atoms with Crippen molar-refractivity contribution in [3.8, 4) is 0 Å². The van der Waals surface area contributed by atoms with Crippen LogP contribution < -0.4 is 5.32 Å². The first-order valence-corrected chi connectivity index (χ1v) is 6.72. The highest BCUT2D eigenvalue weighted by Crippen LogP contribution is 2.24. The maximum absolute atomic E-state index is 12.8. The molecule has 1 aliphatic carbocycles. The number of halogens is 1. The molecule has 0 bridgehead atoms. The van der Waals surface area contributed by atoms with E-state index in [0.717, 1.165) is 31.2 Å². The van der Waals surface area contributed by atoms with Crippen LogP contribution in [0, 0.1) is 11.7 Å². The fourth-order valence-corrected chi connectivity index (χ4v) is 2.53. The van der Waals surface area contributed by atoms with E-state index in [1.165, 1.54) is 18.6 Å². The minimum Gasteiger partial charge on any atom is -0.349 e. The van der Waals surface area contributed by atoms with Gasteiger partial charge in [-0.3, -0.25) is 4.79 Å². The Morgan fingerprint density at radius 1 is 1.28 bits per heavy atom. The number of amides is 1. The molecule has 0 aromatic heterocycles. The summed E-state index contributed by atoms with van der Waals surface area (Å²) in [7, 11) is 0. The smallest absolute Gasteiger partial charge is 0.223 e. The Hall–Kier alpha value is -1.38. The van der Waals surface area contributed by atoms with Crippen LogP contribution in [0.3, 0.4) is 0 Å². The molecule has 0 spiro atoms. The lowest BCUT2D eigenvalue weighted by molar-refractivity contribution is -0.126. The van der Waals surface area contributed by atoms with Gasteiger partial charge >= 0.3 is 0 Å². The highest BCUT2D eigenvalue weighted by Gasteiger charge is 2.22. The number of hydrogen-bond acceptors (Lipinski definition) is 1. The van der Waals surface area contributed by atoms with Crippen LogP contribution in [0.4, 0.5) is 4.39 Å². The third kappa shape index (κ3) is 3.31. The van der Waals surface area contributed by atoms with Gasteiger partial charge in [0.15, 0.2) is 0 Å². The van der Waals surface area contributed by atoms with Gasteiger partial charge in [-0.05, 0) is 37.5 Å². The normalized spacial score (nSPS) is 18.3. The van der Waals surface area contributed by atoms with E-state index >= 15 is 0 Å². The van der Waals surface area contributed by atoms with Crippen LogP contribution in [0.5, 0.6) is 0 Å². The van der Waals surface area contributed by atoms with Crippen LogP contribution in [-0.2, 0) is 4.79 Å². The molecule has 0 unspecified atom stereocenters. The first-order chi connectivity index (χ1) is 8.66. The molecular formula is C15H22FNO. The predicted molar refractivity (Wildman–Crippen MR) is 71.6 cm³/mol. The third-order valence-electron chi connectivity index (χ3n) is 3.70. The standard InChI is InChI=1S/C15H20FNO.H2/c1-11(12-7-9-14(16)10-8-12)17-15(18)13-5-3-2-4-6-13;/h7-11,13H,2-6H2,1H3,(H,17,18);1H/t11-;/m1./s1. The van der Waals surface area contributed by atoms with Crippen LogP contribution in [0.2, 0.25) is 0 Å². The van der Waals surface area contributed by atoms with Crippen molar-refractivity contribution in [2.24, 2.45) is 5.92 Å². The minimum atomic E-state index is -0.246. The van der Waals surface area contributed by atoms with Gasteiger partial charge < -0.3 is 5.32 Å². The average Bonchev–Trinajstić information content (AvgIpc) is 2.40. The Kier molecular flexibility index (Phi) is 4.34. The molecule has 1 fully saturated rings. The number of carbonyl (C=O) groups is 1. The topological polar surface area (TPSA) is 29.1 Å². The summed E-state index contributed by atoms with van der Waals surface area (Å²) < 4.78 is 12.8. The van der Waals surface area contributed by atoms with E-state index < -0.39 is 0 Å². The first-order valence-electron chi connectivity index (χ1n) is 6.72. The molecule has 1 aliphatic rings. The van der Waals surface area contributed by atoms with E-state index in [-0.39, 0.29) is 25.1 Å². The third-order valence-corrected chi connectivity index (χ3v) is 3.70. The van der Waals surface area contributed by atoms with E-state index in [0.29, 0.717) is 0 Å². The van der Waals surface area contributed by atoms with Gasteiger partial charge in [0.2, 0.25) is 5.91 Å². The summed E-state index contributed by atoms with van der Waals surface area (Å²) in [5, 5.41) is 3.02. The second-order valence-corrected chi connectivity index (χ2v) is 5.12. The highest BCUT2D eigenvalue weighted by molar-refractivity contribution is 5.79. The zero-order valence-electron chi connectivity index (χ0n) is 10.8. The van der Waals surface area contributed by atoms with Crippen molar-refractivity contribution in [3.05, 3.63) is 35.6 Å². The zero-order chi connectivity index (χ0) is 13.0. The molecular weight excluding hydrogens is 229 g/mol. The Bertz CT molecular complexity index is 401. The largest absolute Gasteiger partial charge is 0.349 e. The lowest BCUT2D eigenvalue weighted by atomic mass is 9.88. The van der Waals surface area contributed by atoms with Crippen LogP contribution >= 0.6 is 0 Å². The van der Waals surface area contributed by atoms with Crippen molar-refractivity contribution >= 4 is 5.91 Å². The first kappa shape index (κ1) is 13.1. The van der Waals surface area contributed by atoms with Crippen LogP contribution in [0.1, 0.15) is 52.1 Å². The van der Waals surface area contributed by atoms with Crippen molar-refractivity contribution in [1.82, 2.24) is 5.32 Å². The van der Waals surface area contributed by atoms with Gasteiger partial charge in [0, 0.05) is 7.34 Å². The fraction of sp³-hybridized carbons (Fsp3) is 0.533. The number of nitrogens with one attached hydrogen (secondary N) is 1. The van der Waals surface area contributed by atoms with E-state index in [9.17, 15) is 9.18 Å². The quantitative estimate of drug-likeness (QED) is 0.869. The summed E-state index contributed by atoms with van der Waals surface area (Å²) in [6.45, 7) is 1.94. The molecule has 0 saturated heterocycles. The summed E-state index contributed by atoms with van der Waals surface area (Å²) in [5.41, 5.74) is 0.945. The summed E-state index contributed by atoms with van der Waals surface area (Å²) in [6, 6.07) is 6.25. The number of benzene rings is 1. The van der Waals surface area contributed by atoms with Crippen molar-refractivity contribution < 1.29 is 10.6 Å². The predicted octanol–water partition coefficient (Wildman–Crippen LogP) is 3.83. The second-order valence-electron chi connectivity index (χ2n) is 5.12. The molecule has 3 heteroatoms. The highest BCUT2D eigenvalue weighted by atomic mass is 19.1. The maximum Gasteiger partial charge on any atom is 0.223 e. The van der Waals surface area contributed by atoms with E-state index in [2.05, 4.69) is 5.32 Å². The van der Waals surface area contributed by atoms with Crippen LogP contribution in [0.15, 0.2) is 24.3 Å². The lowest BCUT2D eigenvalue weighted by Gasteiger charge is -2.23. The van der Waals surface area contributed by atoms with Gasteiger partial charge in [-0.15, -0.1) is 0 Å². The molecule has 0 radical (unpaired) electrons. The molecule has 1 aromatic rings. The summed E-state index contributed by atoms with van der Waals surface area (Å²) >= 11 is 0. The Morgan fingerprint density at radius 3 is 2.50 bits per heavy atom. The monoisotopic (exact) mass is 251 g/mol. The Labute approximate surface area is 109 Å². The molecule has 1 atom stereocenters. The Morgan fingerprint density at radius 2 is 1.89 bits per heavy atom. The lowest BCUT2D eigenvalue weighted by Crippen LogP contribution is -2.33. The van der Waals surface area contributed by atoms with Crippen molar-refractivity contribution in [1.29, 1.82) is 0 Å². The molecule has 0 heterocycles. The molecule has 1 aromatic carbocycles. The van der Waals surface area contributed by atoms with Gasteiger partial charge in [-0.25, -0.2) is 4.39 Å². The van der Waals surface area contributed by atoms with E-state index in [4.69, 9.17) is 0 Å².